The van der Waals surface area contributed by atoms with Gasteiger partial charge in [0.05, 0.1) is 44.2 Å². The third-order valence-corrected chi connectivity index (χ3v) is 12.1. The van der Waals surface area contributed by atoms with E-state index >= 15 is 0 Å². The lowest BCUT2D eigenvalue weighted by Gasteiger charge is -2.18. The molecule has 0 saturated heterocycles. The number of hydrogen-bond acceptors (Lipinski definition) is 13. The molecule has 1 aliphatic heterocycles. The van der Waals surface area contributed by atoms with Gasteiger partial charge in [-0.2, -0.15) is 19.8 Å². The molecule has 74 heavy (non-hydrogen) atoms. The van der Waals surface area contributed by atoms with Crippen LogP contribution in [0.2, 0.25) is 0 Å². The van der Waals surface area contributed by atoms with E-state index in [0.29, 0.717) is 61.0 Å². The Morgan fingerprint density at radius 2 is 1.18 bits per heavy atom. The van der Waals surface area contributed by atoms with Gasteiger partial charge in [0.25, 0.3) is 0 Å². The van der Waals surface area contributed by atoms with Gasteiger partial charge in [-0.15, -0.1) is 0 Å². The molecule has 1 amide bonds. The summed E-state index contributed by atoms with van der Waals surface area (Å²) >= 11 is 0. The zero-order valence-electron chi connectivity index (χ0n) is 42.2. The maximum atomic E-state index is 13.2. The fourth-order valence-electron chi connectivity index (χ4n) is 8.39. The molecule has 4 aromatic carbocycles. The second-order valence-corrected chi connectivity index (χ2v) is 17.7. The minimum absolute atomic E-state index is 0.0507. The summed E-state index contributed by atoms with van der Waals surface area (Å²) in [7, 11) is 1.23. The number of aliphatic hydroxyl groups excluding tert-OH is 1. The Morgan fingerprint density at radius 1 is 0.676 bits per heavy atom. The predicted molar refractivity (Wildman–Crippen MR) is 278 cm³/mol. The van der Waals surface area contributed by atoms with Gasteiger partial charge in [-0.1, -0.05) is 100 Å². The van der Waals surface area contributed by atoms with E-state index < -0.39 is 12.1 Å². The molecule has 1 unspecified atom stereocenters. The number of aliphatic hydroxyl groups is 1. The molecule has 9 aromatic rings. The fraction of sp³-hybridized carbons (Fsp3) is 0.250. The molecule has 0 bridgehead atoms. The molecule has 5 aromatic heterocycles. The third kappa shape index (κ3) is 12.2. The second kappa shape index (κ2) is 24.4. The van der Waals surface area contributed by atoms with Crippen molar-refractivity contribution in [2.45, 2.75) is 85.5 Å². The summed E-state index contributed by atoms with van der Waals surface area (Å²) in [5, 5.41) is 16.9. The number of rotatable bonds is 12. The van der Waals surface area contributed by atoms with Crippen LogP contribution < -0.4 is 10.6 Å². The van der Waals surface area contributed by atoms with Crippen molar-refractivity contribution in [1.29, 1.82) is 0 Å². The molecular weight excluding hydrogens is 939 g/mol. The Morgan fingerprint density at radius 3 is 1.64 bits per heavy atom. The van der Waals surface area contributed by atoms with Crippen LogP contribution in [0.25, 0.3) is 45.3 Å². The van der Waals surface area contributed by atoms with E-state index in [4.69, 9.17) is 24.7 Å². The minimum Gasteiger partial charge on any atom is -0.467 e. The van der Waals surface area contributed by atoms with E-state index in [1.807, 2.05) is 126 Å². The highest BCUT2D eigenvalue weighted by molar-refractivity contribution is 6.00. The van der Waals surface area contributed by atoms with Gasteiger partial charge < -0.3 is 9.84 Å². The summed E-state index contributed by atoms with van der Waals surface area (Å²) in [5.74, 6) is 2.18. The standard InChI is InChI=1S/C26H26N6O.C25H23N5O.C4H8O3.CO2/c1-4-30-23-16-27-24(22-9-6-5-8-21(22)18(2)3)29-25(23)31(26(30)33)17-19-10-12-20(13-11-19)32-15-7-14-28-32;1-17(2)21-6-3-4-7-22(21)24-26-15-19-14-23(31)29(25(19)28-24)16-18-8-10-20(11-9-18)30-13-5-12-27-30;1-3(5)4(6)7-2;2-1-3/h5-16,18H,4,17H2,1-3H3;3-13,15,17H,14,16H2,1-2H3;3,5H,1-2H3;. The number of aryl methyl sites for hydroxylation is 1. The van der Waals surface area contributed by atoms with Crippen molar-refractivity contribution < 1.29 is 29.0 Å². The summed E-state index contributed by atoms with van der Waals surface area (Å²) in [5.41, 5.74) is 10.6. The van der Waals surface area contributed by atoms with Crippen molar-refractivity contribution in [1.82, 2.24) is 48.6 Å². The molecule has 0 aliphatic carbocycles. The molecule has 1 atom stereocenters. The van der Waals surface area contributed by atoms with E-state index in [2.05, 4.69) is 64.7 Å². The number of esters is 1. The molecule has 0 saturated carbocycles. The molecule has 1 aliphatic rings. The first-order valence-corrected chi connectivity index (χ1v) is 24.0. The van der Waals surface area contributed by atoms with Gasteiger partial charge in [-0.3, -0.25) is 18.8 Å². The Bertz CT molecular complexity index is 3410. The van der Waals surface area contributed by atoms with Crippen LogP contribution in [-0.4, -0.2) is 85.0 Å². The van der Waals surface area contributed by atoms with Gasteiger partial charge in [-0.05, 0) is 84.3 Å². The third-order valence-electron chi connectivity index (χ3n) is 12.1. The molecule has 1 N–H and O–H groups in total. The zero-order chi connectivity index (χ0) is 52.9. The first-order valence-electron chi connectivity index (χ1n) is 24.0. The Balaban J connectivity index is 0.000000183. The number of imidazole rings is 1. The molecule has 6 heterocycles. The molecule has 0 radical (unpaired) electrons. The van der Waals surface area contributed by atoms with Crippen molar-refractivity contribution in [3.63, 3.8) is 0 Å². The van der Waals surface area contributed by atoms with Crippen LogP contribution in [0.4, 0.5) is 5.82 Å². The summed E-state index contributed by atoms with van der Waals surface area (Å²) in [6, 6.07) is 36.3. The summed E-state index contributed by atoms with van der Waals surface area (Å²) in [6.07, 6.45) is 10.5. The number of aromatic nitrogens is 10. The fourth-order valence-corrected chi connectivity index (χ4v) is 8.39. The van der Waals surface area contributed by atoms with Gasteiger partial charge in [0.1, 0.15) is 17.4 Å². The molecule has 0 fully saturated rings. The smallest absolute Gasteiger partial charge is 0.373 e. The monoisotopic (exact) mass is 995 g/mol. The Labute approximate surface area is 427 Å². The van der Waals surface area contributed by atoms with Gasteiger partial charge in [0.2, 0.25) is 5.91 Å². The second-order valence-electron chi connectivity index (χ2n) is 17.7. The maximum Gasteiger partial charge on any atom is 0.373 e. The molecule has 18 heteroatoms. The Hall–Kier alpha value is -8.99. The Kier molecular flexibility index (Phi) is 17.4. The van der Waals surface area contributed by atoms with Gasteiger partial charge >= 0.3 is 17.8 Å². The van der Waals surface area contributed by atoms with Crippen molar-refractivity contribution in [2.24, 2.45) is 0 Å². The number of fused-ring (bicyclic) bond motifs is 2. The number of hydrogen-bond donors (Lipinski definition) is 1. The number of amides is 1. The van der Waals surface area contributed by atoms with E-state index in [1.165, 1.54) is 25.2 Å². The summed E-state index contributed by atoms with van der Waals surface area (Å²) in [4.78, 5) is 73.0. The lowest BCUT2D eigenvalue weighted by atomic mass is 9.97. The van der Waals surface area contributed by atoms with Crippen molar-refractivity contribution in [3.8, 4) is 34.2 Å². The number of anilines is 1. The van der Waals surface area contributed by atoms with Crippen LogP contribution in [0.15, 0.2) is 151 Å². The average molecular weight is 996 g/mol. The van der Waals surface area contributed by atoms with E-state index in [1.54, 1.807) is 38.8 Å². The van der Waals surface area contributed by atoms with E-state index in [9.17, 15) is 14.4 Å². The van der Waals surface area contributed by atoms with E-state index in [-0.39, 0.29) is 17.7 Å². The van der Waals surface area contributed by atoms with Crippen LogP contribution in [0.1, 0.15) is 81.2 Å². The number of methoxy groups -OCH3 is 1. The number of ether oxygens (including phenoxy) is 1. The average Bonchev–Trinajstić information content (AvgIpc) is 4.26. The molecule has 0 spiro atoms. The summed E-state index contributed by atoms with van der Waals surface area (Å²) in [6.45, 7) is 13.4. The topological polar surface area (TPSA) is 215 Å². The van der Waals surface area contributed by atoms with Crippen LogP contribution in [0.3, 0.4) is 0 Å². The first-order chi connectivity index (χ1) is 35.8. The maximum absolute atomic E-state index is 13.2. The highest BCUT2D eigenvalue weighted by atomic mass is 16.5. The largest absolute Gasteiger partial charge is 0.467 e. The quantitative estimate of drug-likeness (QED) is 0.115. The van der Waals surface area contributed by atoms with Crippen LogP contribution in [0.5, 0.6) is 0 Å². The van der Waals surface area contributed by atoms with Gasteiger partial charge in [0, 0.05) is 54.2 Å². The normalized spacial score (nSPS) is 12.0. The number of carbonyl (C=O) groups excluding carboxylic acids is 4. The lowest BCUT2D eigenvalue weighted by molar-refractivity contribution is -0.191. The van der Waals surface area contributed by atoms with Crippen LogP contribution >= 0.6 is 0 Å². The van der Waals surface area contributed by atoms with Gasteiger partial charge in [-0.25, -0.2) is 38.9 Å². The number of carbonyl (C=O) groups is 2. The van der Waals surface area contributed by atoms with Crippen molar-refractivity contribution in [3.05, 3.63) is 185 Å². The first kappa shape index (κ1) is 52.8. The van der Waals surface area contributed by atoms with Gasteiger partial charge in [0.15, 0.2) is 17.3 Å². The predicted octanol–water partition coefficient (Wildman–Crippen LogP) is 8.14. The molecule has 10 rings (SSSR count). The van der Waals surface area contributed by atoms with Crippen LogP contribution in [-0.2, 0) is 50.0 Å². The highest BCUT2D eigenvalue weighted by Crippen LogP contribution is 2.33. The lowest BCUT2D eigenvalue weighted by Crippen LogP contribution is -2.26. The van der Waals surface area contributed by atoms with E-state index in [0.717, 1.165) is 44.7 Å². The van der Waals surface area contributed by atoms with Crippen LogP contribution in [0, 0.1) is 0 Å². The summed E-state index contributed by atoms with van der Waals surface area (Å²) < 4.78 is 11.2. The van der Waals surface area contributed by atoms with Crippen molar-refractivity contribution in [2.75, 3.05) is 12.0 Å². The zero-order valence-corrected chi connectivity index (χ0v) is 42.2. The number of nitrogens with zero attached hydrogens (tertiary/aromatic N) is 11. The highest BCUT2D eigenvalue weighted by Gasteiger charge is 2.30. The molecule has 18 nitrogen and oxygen atoms in total. The SMILES string of the molecule is CC(C)c1ccccc1-c1ncc2c(n1)N(Cc1ccc(-n3cccn3)cc1)C(=O)C2.CCn1c(=O)n(Cc2ccc(-n3cccn3)cc2)c2nc(-c3ccccc3C(C)C)ncc21.COC(=O)C(C)O.O=C=O. The van der Waals surface area contributed by atoms with Crippen molar-refractivity contribution >= 4 is 35.0 Å². The molecule has 378 valence electrons. The minimum atomic E-state index is -0.995. The molecular formula is C56H57N11O7. The number of benzene rings is 4.